The molecule has 23 heavy (non-hydrogen) atoms. The first-order valence-corrected chi connectivity index (χ1v) is 7.47. The van der Waals surface area contributed by atoms with E-state index in [4.69, 9.17) is 4.74 Å². The highest BCUT2D eigenvalue weighted by Gasteiger charge is 2.05. The SMILES string of the molecule is COc1ccc(C=NNc2cc(C)nc3c(C)cccc23)cc1. The molecule has 0 amide bonds. The van der Waals surface area contributed by atoms with Gasteiger partial charge in [0.05, 0.1) is 24.5 Å². The summed E-state index contributed by atoms with van der Waals surface area (Å²) in [7, 11) is 1.66. The van der Waals surface area contributed by atoms with Crippen molar-refractivity contribution in [2.24, 2.45) is 5.10 Å². The largest absolute Gasteiger partial charge is 0.497 e. The number of nitrogens with one attached hydrogen (secondary N) is 1. The van der Waals surface area contributed by atoms with Crippen molar-refractivity contribution in [3.8, 4) is 5.75 Å². The van der Waals surface area contributed by atoms with Crippen LogP contribution in [0.4, 0.5) is 5.69 Å². The minimum Gasteiger partial charge on any atom is -0.497 e. The number of pyridine rings is 1. The molecule has 0 fully saturated rings. The molecule has 0 bridgehead atoms. The van der Waals surface area contributed by atoms with Crippen LogP contribution in [0, 0.1) is 13.8 Å². The third-order valence-electron chi connectivity index (χ3n) is 3.68. The molecule has 0 saturated heterocycles. The van der Waals surface area contributed by atoms with Gasteiger partial charge in [0, 0.05) is 11.1 Å². The van der Waals surface area contributed by atoms with Gasteiger partial charge in [-0.2, -0.15) is 5.10 Å². The molecule has 0 radical (unpaired) electrons. The lowest BCUT2D eigenvalue weighted by atomic mass is 10.1. The van der Waals surface area contributed by atoms with E-state index in [2.05, 4.69) is 34.6 Å². The van der Waals surface area contributed by atoms with Gasteiger partial charge in [0.2, 0.25) is 0 Å². The van der Waals surface area contributed by atoms with Crippen molar-refractivity contribution in [3.63, 3.8) is 0 Å². The number of rotatable bonds is 4. The van der Waals surface area contributed by atoms with Crippen molar-refractivity contribution in [3.05, 3.63) is 65.4 Å². The van der Waals surface area contributed by atoms with Crippen molar-refractivity contribution in [1.29, 1.82) is 0 Å². The second kappa shape index (κ2) is 6.48. The first kappa shape index (κ1) is 15.0. The zero-order chi connectivity index (χ0) is 16.2. The Kier molecular flexibility index (Phi) is 4.24. The Morgan fingerprint density at radius 1 is 1.09 bits per heavy atom. The van der Waals surface area contributed by atoms with E-state index in [0.29, 0.717) is 0 Å². The summed E-state index contributed by atoms with van der Waals surface area (Å²) in [5.41, 5.74) is 8.23. The van der Waals surface area contributed by atoms with Crippen molar-refractivity contribution < 1.29 is 4.74 Å². The highest BCUT2D eigenvalue weighted by atomic mass is 16.5. The lowest BCUT2D eigenvalue weighted by Crippen LogP contribution is -1.96. The number of aryl methyl sites for hydroxylation is 2. The molecule has 0 saturated carbocycles. The van der Waals surface area contributed by atoms with Crippen LogP contribution in [0.25, 0.3) is 10.9 Å². The number of para-hydroxylation sites is 1. The van der Waals surface area contributed by atoms with E-state index in [-0.39, 0.29) is 0 Å². The van der Waals surface area contributed by atoms with Crippen LogP contribution in [0.5, 0.6) is 5.75 Å². The molecule has 2 aromatic carbocycles. The molecule has 0 atom stereocenters. The molecule has 4 nitrogen and oxygen atoms in total. The Morgan fingerprint density at radius 3 is 2.61 bits per heavy atom. The summed E-state index contributed by atoms with van der Waals surface area (Å²) in [5, 5.41) is 5.42. The lowest BCUT2D eigenvalue weighted by Gasteiger charge is -2.08. The van der Waals surface area contributed by atoms with Crippen molar-refractivity contribution >= 4 is 22.8 Å². The van der Waals surface area contributed by atoms with E-state index >= 15 is 0 Å². The molecule has 1 heterocycles. The predicted molar refractivity (Wildman–Crippen MR) is 95.4 cm³/mol. The molecule has 1 aromatic heterocycles. The summed E-state index contributed by atoms with van der Waals surface area (Å²) in [5.74, 6) is 0.835. The highest BCUT2D eigenvalue weighted by molar-refractivity contribution is 5.93. The summed E-state index contributed by atoms with van der Waals surface area (Å²) in [4.78, 5) is 4.62. The number of anilines is 1. The number of hydrazone groups is 1. The number of fused-ring (bicyclic) bond motifs is 1. The number of hydrogen-bond donors (Lipinski definition) is 1. The molecule has 116 valence electrons. The third-order valence-corrected chi connectivity index (χ3v) is 3.68. The Bertz CT molecular complexity index is 854. The van der Waals surface area contributed by atoms with Crippen molar-refractivity contribution in [2.75, 3.05) is 12.5 Å². The molecular weight excluding hydrogens is 286 g/mol. The maximum atomic E-state index is 5.15. The van der Waals surface area contributed by atoms with Crippen LogP contribution in [0.2, 0.25) is 0 Å². The number of benzene rings is 2. The van der Waals surface area contributed by atoms with Gasteiger partial charge in [-0.05, 0) is 55.3 Å². The minimum absolute atomic E-state index is 0.835. The normalized spacial score (nSPS) is 11.1. The van der Waals surface area contributed by atoms with E-state index in [0.717, 1.165) is 39.2 Å². The summed E-state index contributed by atoms with van der Waals surface area (Å²) >= 11 is 0. The van der Waals surface area contributed by atoms with Crippen molar-refractivity contribution in [2.45, 2.75) is 13.8 Å². The van der Waals surface area contributed by atoms with Crippen LogP contribution in [0.1, 0.15) is 16.8 Å². The standard InChI is InChI=1S/C19H19N3O/c1-13-5-4-6-17-18(11-14(2)21-19(13)17)22-20-12-15-7-9-16(23-3)10-8-15/h4-12H,1-3H3,(H,21,22). The van der Waals surface area contributed by atoms with Gasteiger partial charge in [-0.25, -0.2) is 0 Å². The quantitative estimate of drug-likeness (QED) is 0.577. The molecule has 4 heteroatoms. The molecule has 0 aliphatic heterocycles. The number of aromatic nitrogens is 1. The van der Waals surface area contributed by atoms with Gasteiger partial charge in [-0.3, -0.25) is 10.4 Å². The Morgan fingerprint density at radius 2 is 1.87 bits per heavy atom. The predicted octanol–water partition coefficient (Wildman–Crippen LogP) is 4.31. The maximum Gasteiger partial charge on any atom is 0.118 e. The summed E-state index contributed by atoms with van der Waals surface area (Å²) < 4.78 is 5.15. The molecule has 3 rings (SSSR count). The summed E-state index contributed by atoms with van der Waals surface area (Å²) in [6.45, 7) is 4.06. The molecule has 0 spiro atoms. The average Bonchev–Trinajstić information content (AvgIpc) is 2.56. The Balaban J connectivity index is 1.86. The topological polar surface area (TPSA) is 46.5 Å². The van der Waals surface area contributed by atoms with Crippen LogP contribution in [-0.4, -0.2) is 18.3 Å². The second-order valence-corrected chi connectivity index (χ2v) is 5.43. The lowest BCUT2D eigenvalue weighted by molar-refractivity contribution is 0.415. The van der Waals surface area contributed by atoms with Crippen LogP contribution < -0.4 is 10.2 Å². The number of hydrogen-bond acceptors (Lipinski definition) is 4. The van der Waals surface area contributed by atoms with Gasteiger partial charge in [0.15, 0.2) is 0 Å². The first-order valence-electron chi connectivity index (χ1n) is 7.47. The fourth-order valence-corrected chi connectivity index (χ4v) is 2.48. The number of nitrogens with zero attached hydrogens (tertiary/aromatic N) is 2. The van der Waals surface area contributed by atoms with E-state index in [9.17, 15) is 0 Å². The van der Waals surface area contributed by atoms with Gasteiger partial charge >= 0.3 is 0 Å². The second-order valence-electron chi connectivity index (χ2n) is 5.43. The number of methoxy groups -OCH3 is 1. The monoisotopic (exact) mass is 305 g/mol. The molecule has 3 aromatic rings. The molecular formula is C19H19N3O. The van der Waals surface area contributed by atoms with Gasteiger partial charge in [-0.1, -0.05) is 18.2 Å². The van der Waals surface area contributed by atoms with Gasteiger partial charge in [0.1, 0.15) is 5.75 Å². The molecule has 0 aliphatic rings. The van der Waals surface area contributed by atoms with E-state index in [1.807, 2.05) is 43.3 Å². The van der Waals surface area contributed by atoms with Gasteiger partial charge in [0.25, 0.3) is 0 Å². The van der Waals surface area contributed by atoms with E-state index in [1.54, 1.807) is 13.3 Å². The van der Waals surface area contributed by atoms with Crippen LogP contribution in [-0.2, 0) is 0 Å². The highest BCUT2D eigenvalue weighted by Crippen LogP contribution is 2.25. The molecule has 1 N–H and O–H groups in total. The summed E-state index contributed by atoms with van der Waals surface area (Å²) in [6.07, 6.45) is 1.79. The third kappa shape index (κ3) is 3.31. The fraction of sp³-hybridized carbons (Fsp3) is 0.158. The zero-order valence-electron chi connectivity index (χ0n) is 13.5. The van der Waals surface area contributed by atoms with Crippen LogP contribution >= 0.6 is 0 Å². The van der Waals surface area contributed by atoms with Crippen LogP contribution in [0.3, 0.4) is 0 Å². The van der Waals surface area contributed by atoms with E-state index < -0.39 is 0 Å². The first-order chi connectivity index (χ1) is 11.2. The Labute approximate surface area is 135 Å². The smallest absolute Gasteiger partial charge is 0.118 e. The number of ether oxygens (including phenoxy) is 1. The Hall–Kier alpha value is -2.88. The van der Waals surface area contributed by atoms with Gasteiger partial charge < -0.3 is 4.74 Å². The average molecular weight is 305 g/mol. The molecule has 0 aliphatic carbocycles. The summed E-state index contributed by atoms with van der Waals surface area (Å²) in [6, 6.07) is 15.9. The molecule has 0 unspecified atom stereocenters. The maximum absolute atomic E-state index is 5.15. The minimum atomic E-state index is 0.835. The van der Waals surface area contributed by atoms with Crippen molar-refractivity contribution in [1.82, 2.24) is 4.98 Å². The fourth-order valence-electron chi connectivity index (χ4n) is 2.48. The van der Waals surface area contributed by atoms with Gasteiger partial charge in [-0.15, -0.1) is 0 Å². The zero-order valence-corrected chi connectivity index (χ0v) is 13.5. The van der Waals surface area contributed by atoms with E-state index in [1.165, 1.54) is 0 Å². The van der Waals surface area contributed by atoms with Crippen LogP contribution in [0.15, 0.2) is 53.6 Å².